The number of carboxylic acid groups (broad SMARTS) is 1. The van der Waals surface area contributed by atoms with Crippen molar-refractivity contribution in [1.82, 2.24) is 0 Å². The lowest BCUT2D eigenvalue weighted by atomic mass is 10.0. The predicted molar refractivity (Wildman–Crippen MR) is 84.6 cm³/mol. The van der Waals surface area contributed by atoms with Crippen LogP contribution in [0.2, 0.25) is 0 Å². The molecule has 0 radical (unpaired) electrons. The number of nitrogens with one attached hydrogen (secondary N) is 1. The molecule has 5 heteroatoms. The van der Waals surface area contributed by atoms with Crippen LogP contribution in [-0.4, -0.2) is 17.0 Å². The largest absolute Gasteiger partial charge is 0.478 e. The van der Waals surface area contributed by atoms with Gasteiger partial charge < -0.3 is 10.4 Å². The van der Waals surface area contributed by atoms with Gasteiger partial charge in [0, 0.05) is 10.2 Å². The maximum Gasteiger partial charge on any atom is 0.335 e. The van der Waals surface area contributed by atoms with Crippen molar-refractivity contribution >= 4 is 33.5 Å². The van der Waals surface area contributed by atoms with Crippen LogP contribution in [-0.2, 0) is 11.2 Å². The average molecular weight is 348 g/mol. The van der Waals surface area contributed by atoms with Gasteiger partial charge in [-0.3, -0.25) is 4.79 Å². The highest BCUT2D eigenvalue weighted by Gasteiger charge is 2.12. The van der Waals surface area contributed by atoms with Crippen LogP contribution in [0.1, 0.15) is 21.5 Å². The Balaban J connectivity index is 2.12. The zero-order valence-electron chi connectivity index (χ0n) is 11.4. The molecule has 2 rings (SSSR count). The van der Waals surface area contributed by atoms with Crippen LogP contribution in [0.5, 0.6) is 0 Å². The second-order valence-corrected chi connectivity index (χ2v) is 5.51. The van der Waals surface area contributed by atoms with Crippen molar-refractivity contribution in [3.63, 3.8) is 0 Å². The summed E-state index contributed by atoms with van der Waals surface area (Å²) in [5.74, 6) is -1.28. The fraction of sp³-hybridized carbons (Fsp3) is 0.125. The Kier molecular flexibility index (Phi) is 4.75. The van der Waals surface area contributed by atoms with Crippen molar-refractivity contribution in [3.05, 3.63) is 63.6 Å². The molecule has 0 saturated heterocycles. The van der Waals surface area contributed by atoms with Crippen molar-refractivity contribution in [1.29, 1.82) is 0 Å². The quantitative estimate of drug-likeness (QED) is 0.887. The minimum absolute atomic E-state index is 0.0218. The number of carbonyl (C=O) groups excluding carboxylic acids is 1. The van der Waals surface area contributed by atoms with Crippen LogP contribution in [0.4, 0.5) is 5.69 Å². The lowest BCUT2D eigenvalue weighted by molar-refractivity contribution is -0.115. The van der Waals surface area contributed by atoms with E-state index in [0.717, 1.165) is 10.0 Å². The van der Waals surface area contributed by atoms with Gasteiger partial charge in [0.1, 0.15) is 0 Å². The van der Waals surface area contributed by atoms with Crippen LogP contribution < -0.4 is 5.32 Å². The Bertz CT molecular complexity index is 698. The first-order valence-corrected chi connectivity index (χ1v) is 7.14. The second kappa shape index (κ2) is 6.54. The highest BCUT2D eigenvalue weighted by atomic mass is 79.9. The van der Waals surface area contributed by atoms with E-state index in [0.29, 0.717) is 11.3 Å². The lowest BCUT2D eigenvalue weighted by Crippen LogP contribution is -2.16. The standard InChI is InChI=1S/C16H14BrNO3/c1-10-6-7-12(9-14(10)17)18-15(19)8-11-4-2-3-5-13(11)16(20)21/h2-7,9H,8H2,1H3,(H,18,19)(H,20,21). The summed E-state index contributed by atoms with van der Waals surface area (Å²) in [7, 11) is 0. The van der Waals surface area contributed by atoms with Crippen molar-refractivity contribution in [2.24, 2.45) is 0 Å². The van der Waals surface area contributed by atoms with Gasteiger partial charge >= 0.3 is 5.97 Å². The number of carbonyl (C=O) groups is 2. The molecule has 0 aliphatic heterocycles. The molecule has 21 heavy (non-hydrogen) atoms. The Morgan fingerprint density at radius 3 is 2.57 bits per heavy atom. The topological polar surface area (TPSA) is 66.4 Å². The first-order chi connectivity index (χ1) is 9.97. The lowest BCUT2D eigenvalue weighted by Gasteiger charge is -2.08. The summed E-state index contributed by atoms with van der Waals surface area (Å²) in [6.45, 7) is 1.96. The number of halogens is 1. The van der Waals surface area contributed by atoms with Gasteiger partial charge in [-0.2, -0.15) is 0 Å². The van der Waals surface area contributed by atoms with Crippen molar-refractivity contribution in [2.45, 2.75) is 13.3 Å². The van der Waals surface area contributed by atoms with E-state index in [1.54, 1.807) is 24.3 Å². The van der Waals surface area contributed by atoms with Crippen LogP contribution >= 0.6 is 15.9 Å². The fourth-order valence-electron chi connectivity index (χ4n) is 1.93. The number of aryl methyl sites for hydroxylation is 1. The molecule has 2 aromatic rings. The molecule has 0 saturated carbocycles. The van der Waals surface area contributed by atoms with E-state index in [1.165, 1.54) is 6.07 Å². The van der Waals surface area contributed by atoms with Gasteiger partial charge in [-0.25, -0.2) is 4.79 Å². The van der Waals surface area contributed by atoms with Crippen LogP contribution in [0.25, 0.3) is 0 Å². The summed E-state index contributed by atoms with van der Waals surface area (Å²) in [6, 6.07) is 12.0. The van der Waals surface area contributed by atoms with Gasteiger partial charge in [-0.05, 0) is 36.2 Å². The number of amides is 1. The fourth-order valence-corrected chi connectivity index (χ4v) is 2.31. The number of rotatable bonds is 4. The summed E-state index contributed by atoms with van der Waals surface area (Å²) >= 11 is 3.40. The molecule has 2 N–H and O–H groups in total. The second-order valence-electron chi connectivity index (χ2n) is 4.65. The number of benzene rings is 2. The van der Waals surface area contributed by atoms with Gasteiger partial charge in [-0.15, -0.1) is 0 Å². The maximum absolute atomic E-state index is 12.0. The van der Waals surface area contributed by atoms with E-state index in [9.17, 15) is 9.59 Å². The SMILES string of the molecule is Cc1ccc(NC(=O)Cc2ccccc2C(=O)O)cc1Br. The van der Waals surface area contributed by atoms with Crippen LogP contribution in [0, 0.1) is 6.92 Å². The number of hydrogen-bond acceptors (Lipinski definition) is 2. The third-order valence-corrected chi connectivity index (χ3v) is 3.91. The molecule has 0 spiro atoms. The Labute approximate surface area is 130 Å². The molecule has 0 heterocycles. The number of hydrogen-bond donors (Lipinski definition) is 2. The maximum atomic E-state index is 12.0. The van der Waals surface area contributed by atoms with Crippen molar-refractivity contribution < 1.29 is 14.7 Å². The highest BCUT2D eigenvalue weighted by Crippen LogP contribution is 2.21. The zero-order chi connectivity index (χ0) is 15.4. The van der Waals surface area contributed by atoms with E-state index >= 15 is 0 Å². The summed E-state index contributed by atoms with van der Waals surface area (Å²) in [4.78, 5) is 23.1. The minimum Gasteiger partial charge on any atom is -0.478 e. The smallest absolute Gasteiger partial charge is 0.335 e. The van der Waals surface area contributed by atoms with E-state index in [2.05, 4.69) is 21.2 Å². The molecule has 0 aromatic heterocycles. The minimum atomic E-state index is -1.03. The third kappa shape index (κ3) is 3.92. The first-order valence-electron chi connectivity index (χ1n) is 6.34. The van der Waals surface area contributed by atoms with E-state index in [4.69, 9.17) is 5.11 Å². The molecule has 0 aliphatic carbocycles. The third-order valence-electron chi connectivity index (χ3n) is 3.05. The van der Waals surface area contributed by atoms with Gasteiger partial charge in [0.15, 0.2) is 0 Å². The summed E-state index contributed by atoms with van der Waals surface area (Å²) < 4.78 is 0.909. The van der Waals surface area contributed by atoms with Crippen molar-refractivity contribution in [3.8, 4) is 0 Å². The predicted octanol–water partition coefficient (Wildman–Crippen LogP) is 3.64. The molecule has 1 amide bonds. The Morgan fingerprint density at radius 1 is 1.19 bits per heavy atom. The molecule has 2 aromatic carbocycles. The average Bonchev–Trinajstić information content (AvgIpc) is 2.43. The Morgan fingerprint density at radius 2 is 1.90 bits per heavy atom. The molecule has 0 fully saturated rings. The molecule has 0 aliphatic rings. The van der Waals surface area contributed by atoms with Gasteiger partial charge in [0.05, 0.1) is 12.0 Å². The molecule has 108 valence electrons. The summed E-state index contributed by atoms with van der Waals surface area (Å²) in [5.41, 5.74) is 2.39. The monoisotopic (exact) mass is 347 g/mol. The summed E-state index contributed by atoms with van der Waals surface area (Å²) in [6.07, 6.45) is 0.0218. The summed E-state index contributed by atoms with van der Waals surface area (Å²) in [5, 5.41) is 11.9. The van der Waals surface area contributed by atoms with E-state index < -0.39 is 5.97 Å². The van der Waals surface area contributed by atoms with E-state index in [1.807, 2.05) is 19.1 Å². The van der Waals surface area contributed by atoms with Gasteiger partial charge in [-0.1, -0.05) is 40.2 Å². The number of carboxylic acids is 1. The number of aromatic carboxylic acids is 1. The van der Waals surface area contributed by atoms with E-state index in [-0.39, 0.29) is 17.9 Å². The first kappa shape index (κ1) is 15.3. The highest BCUT2D eigenvalue weighted by molar-refractivity contribution is 9.10. The molecule has 0 atom stereocenters. The zero-order valence-corrected chi connectivity index (χ0v) is 13.0. The normalized spacial score (nSPS) is 10.2. The molecule has 0 unspecified atom stereocenters. The molecule has 4 nitrogen and oxygen atoms in total. The Hall–Kier alpha value is -2.14. The van der Waals surface area contributed by atoms with Gasteiger partial charge in [0.25, 0.3) is 0 Å². The molecular formula is C16H14BrNO3. The number of anilines is 1. The van der Waals surface area contributed by atoms with Crippen LogP contribution in [0.15, 0.2) is 46.9 Å². The molecular weight excluding hydrogens is 334 g/mol. The van der Waals surface area contributed by atoms with Crippen molar-refractivity contribution in [2.75, 3.05) is 5.32 Å². The van der Waals surface area contributed by atoms with Crippen LogP contribution in [0.3, 0.4) is 0 Å². The van der Waals surface area contributed by atoms with Gasteiger partial charge in [0.2, 0.25) is 5.91 Å². The molecule has 0 bridgehead atoms.